The highest BCUT2D eigenvalue weighted by molar-refractivity contribution is 7.09. The molecule has 1 unspecified atom stereocenters. The maximum Gasteiger partial charge on any atom is 0.119 e. The molecule has 0 saturated heterocycles. The lowest BCUT2D eigenvalue weighted by Gasteiger charge is -2.14. The van der Waals surface area contributed by atoms with Gasteiger partial charge in [-0.05, 0) is 36.9 Å². The minimum absolute atomic E-state index is 0.157. The average Bonchev–Trinajstić information content (AvgIpc) is 2.89. The molecule has 0 aliphatic heterocycles. The molecule has 0 aliphatic carbocycles. The van der Waals surface area contributed by atoms with E-state index in [9.17, 15) is 5.11 Å². The van der Waals surface area contributed by atoms with Crippen LogP contribution in [0.2, 0.25) is 0 Å². The molecule has 1 N–H and O–H groups in total. The molecule has 0 spiro atoms. The number of aliphatic hydroxyl groups excluding tert-OH is 1. The Balaban J connectivity index is 1.85. The quantitative estimate of drug-likeness (QED) is 0.865. The van der Waals surface area contributed by atoms with Crippen molar-refractivity contribution in [2.24, 2.45) is 5.92 Å². The number of ether oxygens (including phenoxy) is 1. The summed E-state index contributed by atoms with van der Waals surface area (Å²) in [5, 5.41) is 11.4. The molecule has 0 saturated carbocycles. The number of rotatable bonds is 6. The van der Waals surface area contributed by atoms with E-state index in [4.69, 9.17) is 4.74 Å². The van der Waals surface area contributed by atoms with Crippen molar-refractivity contribution in [3.05, 3.63) is 52.2 Å². The first-order valence-electron chi connectivity index (χ1n) is 6.10. The molecule has 0 fully saturated rings. The van der Waals surface area contributed by atoms with Crippen LogP contribution in [0.5, 0.6) is 5.75 Å². The van der Waals surface area contributed by atoms with Gasteiger partial charge in [0.2, 0.25) is 0 Å². The standard InChI is InChI=1S/C15H18O2S/c1-12-4-6-14(7-5-12)17-11-13(10-16)9-15-3-2-8-18-15/h2-8,13,16H,9-11H2,1H3. The van der Waals surface area contributed by atoms with Crippen LogP contribution in [-0.2, 0) is 6.42 Å². The topological polar surface area (TPSA) is 29.5 Å². The molecular weight excluding hydrogens is 244 g/mol. The number of thiophene rings is 1. The van der Waals surface area contributed by atoms with Crippen LogP contribution in [0, 0.1) is 12.8 Å². The Bertz CT molecular complexity index is 448. The molecule has 3 heteroatoms. The summed E-state index contributed by atoms with van der Waals surface area (Å²) < 4.78 is 5.71. The van der Waals surface area contributed by atoms with Crippen molar-refractivity contribution in [1.29, 1.82) is 0 Å². The van der Waals surface area contributed by atoms with Gasteiger partial charge in [-0.1, -0.05) is 23.8 Å². The van der Waals surface area contributed by atoms with Crippen molar-refractivity contribution in [3.63, 3.8) is 0 Å². The third-order valence-corrected chi connectivity index (χ3v) is 3.73. The third-order valence-electron chi connectivity index (χ3n) is 2.83. The van der Waals surface area contributed by atoms with Gasteiger partial charge in [0.25, 0.3) is 0 Å². The normalized spacial score (nSPS) is 12.3. The van der Waals surface area contributed by atoms with E-state index in [0.717, 1.165) is 12.2 Å². The monoisotopic (exact) mass is 262 g/mol. The third kappa shape index (κ3) is 3.86. The Morgan fingerprint density at radius 3 is 2.61 bits per heavy atom. The Hall–Kier alpha value is -1.32. The van der Waals surface area contributed by atoms with Gasteiger partial charge in [-0.3, -0.25) is 0 Å². The van der Waals surface area contributed by atoms with E-state index in [0.29, 0.717) is 6.61 Å². The van der Waals surface area contributed by atoms with Gasteiger partial charge >= 0.3 is 0 Å². The molecule has 0 bridgehead atoms. The lowest BCUT2D eigenvalue weighted by molar-refractivity contribution is 0.163. The molecule has 2 aromatic rings. The molecule has 18 heavy (non-hydrogen) atoms. The van der Waals surface area contributed by atoms with Gasteiger partial charge < -0.3 is 9.84 Å². The van der Waals surface area contributed by atoms with Gasteiger partial charge in [0, 0.05) is 17.4 Å². The Kier molecular flexibility index (Phi) is 4.79. The molecule has 1 atom stereocenters. The summed E-state index contributed by atoms with van der Waals surface area (Å²) in [7, 11) is 0. The minimum atomic E-state index is 0.157. The highest BCUT2D eigenvalue weighted by Gasteiger charge is 2.10. The van der Waals surface area contributed by atoms with E-state index in [1.54, 1.807) is 11.3 Å². The maximum absolute atomic E-state index is 9.37. The van der Waals surface area contributed by atoms with Crippen LogP contribution in [0.15, 0.2) is 41.8 Å². The summed E-state index contributed by atoms with van der Waals surface area (Å²) in [4.78, 5) is 1.29. The van der Waals surface area contributed by atoms with Crippen LogP contribution in [0.4, 0.5) is 0 Å². The molecule has 1 aromatic carbocycles. The van der Waals surface area contributed by atoms with Gasteiger partial charge in [0.05, 0.1) is 6.61 Å². The van der Waals surface area contributed by atoms with Gasteiger partial charge in [-0.25, -0.2) is 0 Å². The van der Waals surface area contributed by atoms with Crippen molar-refractivity contribution in [3.8, 4) is 5.75 Å². The molecule has 1 aromatic heterocycles. The summed E-state index contributed by atoms with van der Waals surface area (Å²) in [6, 6.07) is 12.1. The van der Waals surface area contributed by atoms with Gasteiger partial charge in [0.15, 0.2) is 0 Å². The molecule has 0 amide bonds. The fourth-order valence-corrected chi connectivity index (χ4v) is 2.56. The van der Waals surface area contributed by atoms with E-state index in [1.165, 1.54) is 10.4 Å². The van der Waals surface area contributed by atoms with Crippen LogP contribution in [-0.4, -0.2) is 18.3 Å². The second-order valence-electron chi connectivity index (χ2n) is 4.46. The lowest BCUT2D eigenvalue weighted by atomic mass is 10.1. The van der Waals surface area contributed by atoms with Crippen LogP contribution in [0.25, 0.3) is 0 Å². The van der Waals surface area contributed by atoms with Crippen LogP contribution in [0.3, 0.4) is 0 Å². The van der Waals surface area contributed by atoms with Gasteiger partial charge in [-0.2, -0.15) is 0 Å². The van der Waals surface area contributed by atoms with E-state index in [2.05, 4.69) is 18.4 Å². The minimum Gasteiger partial charge on any atom is -0.493 e. The SMILES string of the molecule is Cc1ccc(OCC(CO)Cc2cccs2)cc1. The zero-order valence-corrected chi connectivity index (χ0v) is 11.3. The second kappa shape index (κ2) is 6.57. The van der Waals surface area contributed by atoms with Crippen molar-refractivity contribution >= 4 is 11.3 Å². The van der Waals surface area contributed by atoms with Crippen LogP contribution >= 0.6 is 11.3 Å². The van der Waals surface area contributed by atoms with Gasteiger partial charge in [-0.15, -0.1) is 11.3 Å². The largest absolute Gasteiger partial charge is 0.493 e. The number of benzene rings is 1. The maximum atomic E-state index is 9.37. The number of hydrogen-bond acceptors (Lipinski definition) is 3. The average molecular weight is 262 g/mol. The number of hydrogen-bond donors (Lipinski definition) is 1. The van der Waals surface area contributed by atoms with Crippen molar-refractivity contribution < 1.29 is 9.84 Å². The smallest absolute Gasteiger partial charge is 0.119 e. The van der Waals surface area contributed by atoms with E-state index >= 15 is 0 Å². The second-order valence-corrected chi connectivity index (χ2v) is 5.49. The fourth-order valence-electron chi connectivity index (χ4n) is 1.74. The first-order valence-corrected chi connectivity index (χ1v) is 6.98. The van der Waals surface area contributed by atoms with Crippen molar-refractivity contribution in [1.82, 2.24) is 0 Å². The highest BCUT2D eigenvalue weighted by atomic mass is 32.1. The summed E-state index contributed by atoms with van der Waals surface area (Å²) in [6.45, 7) is 2.76. The summed E-state index contributed by atoms with van der Waals surface area (Å²) in [6.07, 6.45) is 0.875. The van der Waals surface area contributed by atoms with E-state index in [-0.39, 0.29) is 12.5 Å². The van der Waals surface area contributed by atoms with E-state index < -0.39 is 0 Å². The Morgan fingerprint density at radius 1 is 1.22 bits per heavy atom. The molecule has 2 nitrogen and oxygen atoms in total. The number of aryl methyl sites for hydroxylation is 1. The predicted octanol–water partition coefficient (Wildman–Crippen LogP) is 3.29. The predicted molar refractivity (Wildman–Crippen MR) is 75.3 cm³/mol. The van der Waals surface area contributed by atoms with Crippen molar-refractivity contribution in [2.45, 2.75) is 13.3 Å². The molecule has 1 heterocycles. The summed E-state index contributed by atoms with van der Waals surface area (Å²) >= 11 is 1.72. The van der Waals surface area contributed by atoms with E-state index in [1.807, 2.05) is 30.3 Å². The first kappa shape index (κ1) is 13.1. The fraction of sp³-hybridized carbons (Fsp3) is 0.333. The molecular formula is C15H18O2S. The summed E-state index contributed by atoms with van der Waals surface area (Å²) in [5.74, 6) is 1.02. The molecule has 2 rings (SSSR count). The Labute approximate surface area is 112 Å². The Morgan fingerprint density at radius 2 is 2.00 bits per heavy atom. The zero-order chi connectivity index (χ0) is 12.8. The number of aliphatic hydroxyl groups is 1. The highest BCUT2D eigenvalue weighted by Crippen LogP contribution is 2.17. The zero-order valence-electron chi connectivity index (χ0n) is 10.5. The molecule has 96 valence electrons. The molecule has 0 aliphatic rings. The van der Waals surface area contributed by atoms with Crippen molar-refractivity contribution in [2.75, 3.05) is 13.2 Å². The first-order chi connectivity index (χ1) is 8.78. The lowest BCUT2D eigenvalue weighted by Crippen LogP contribution is -2.18. The van der Waals surface area contributed by atoms with Crippen LogP contribution < -0.4 is 4.74 Å². The molecule has 0 radical (unpaired) electrons. The van der Waals surface area contributed by atoms with Crippen LogP contribution in [0.1, 0.15) is 10.4 Å². The van der Waals surface area contributed by atoms with Gasteiger partial charge in [0.1, 0.15) is 5.75 Å². The summed E-state index contributed by atoms with van der Waals surface area (Å²) in [5.41, 5.74) is 1.22.